The normalized spacial score (nSPS) is 14.8. The Balaban J connectivity index is 4.06. The van der Waals surface area contributed by atoms with E-state index in [1.54, 1.807) is 0 Å². The Kier molecular flexibility index (Phi) is 6.04. The highest BCUT2D eigenvalue weighted by atomic mass is 29.3. The van der Waals surface area contributed by atoms with Gasteiger partial charge in [-0.25, -0.2) is 0 Å². The smallest absolute Gasteiger partial charge is 0.350 e. The fraction of sp³-hybridized carbons (Fsp3) is 0.700. The monoisotopic (exact) mass is 366 g/mol. The van der Waals surface area contributed by atoms with Crippen LogP contribution < -0.4 is 5.19 Å². The number of hydrogen-bond acceptors (Lipinski definition) is 2. The third-order valence-electron chi connectivity index (χ3n) is 5.60. The zero-order valence-electron chi connectivity index (χ0n) is 17.7. The standard InChI is InChI=1S/C20H38O2Si2/c1-18(2,3)24(19(4,5)6,20(7,8)9)23(21-10,22-11)17-15-13-12-14-16-17/h12-16H,1-11H3. The second-order valence-electron chi connectivity index (χ2n) is 9.89. The summed E-state index contributed by atoms with van der Waals surface area (Å²) in [6.45, 7) is 21.6. The molecule has 0 fully saturated rings. The average Bonchev–Trinajstić information content (AvgIpc) is 2.41. The van der Waals surface area contributed by atoms with E-state index in [4.69, 9.17) is 8.85 Å². The van der Waals surface area contributed by atoms with Crippen LogP contribution in [-0.4, -0.2) is 29.9 Å². The molecular formula is C20H38O2Si2. The van der Waals surface area contributed by atoms with E-state index in [0.717, 1.165) is 0 Å². The van der Waals surface area contributed by atoms with E-state index in [1.165, 1.54) is 5.19 Å². The van der Waals surface area contributed by atoms with Crippen molar-refractivity contribution in [3.63, 3.8) is 0 Å². The second kappa shape index (κ2) is 6.71. The molecule has 0 amide bonds. The maximum absolute atomic E-state index is 6.50. The Labute approximate surface area is 152 Å². The van der Waals surface area contributed by atoms with Crippen LogP contribution >= 0.6 is 0 Å². The molecule has 0 saturated heterocycles. The number of rotatable bonds is 4. The maximum Gasteiger partial charge on any atom is 0.350 e. The van der Waals surface area contributed by atoms with E-state index < -0.39 is 15.7 Å². The van der Waals surface area contributed by atoms with Crippen LogP contribution in [0.15, 0.2) is 30.3 Å². The Hall–Kier alpha value is -0.426. The third-order valence-corrected chi connectivity index (χ3v) is 27.4. The largest absolute Gasteiger partial charge is 0.397 e. The Bertz CT molecular complexity index is 493. The van der Waals surface area contributed by atoms with Crippen molar-refractivity contribution >= 4 is 20.9 Å². The van der Waals surface area contributed by atoms with Gasteiger partial charge in [0.05, 0.1) is 0 Å². The molecule has 0 saturated carbocycles. The van der Waals surface area contributed by atoms with Crippen molar-refractivity contribution in [2.75, 3.05) is 14.2 Å². The summed E-state index contributed by atoms with van der Waals surface area (Å²) >= 11 is 0. The van der Waals surface area contributed by atoms with Crippen molar-refractivity contribution in [3.05, 3.63) is 30.3 Å². The van der Waals surface area contributed by atoms with Crippen molar-refractivity contribution in [1.29, 1.82) is 0 Å². The fourth-order valence-electron chi connectivity index (χ4n) is 6.36. The summed E-state index contributed by atoms with van der Waals surface area (Å²) in [6.07, 6.45) is 0. The molecule has 1 aromatic rings. The lowest BCUT2D eigenvalue weighted by Gasteiger charge is -2.64. The zero-order chi connectivity index (χ0) is 19.0. The van der Waals surface area contributed by atoms with Crippen LogP contribution in [0.5, 0.6) is 0 Å². The number of benzene rings is 1. The van der Waals surface area contributed by atoms with Crippen LogP contribution in [0.2, 0.25) is 15.1 Å². The van der Waals surface area contributed by atoms with E-state index >= 15 is 0 Å². The van der Waals surface area contributed by atoms with Gasteiger partial charge in [0.25, 0.3) is 0 Å². The zero-order valence-corrected chi connectivity index (χ0v) is 19.7. The van der Waals surface area contributed by atoms with Gasteiger partial charge >= 0.3 is 8.08 Å². The van der Waals surface area contributed by atoms with Gasteiger partial charge in [-0.3, -0.25) is 0 Å². The highest BCUT2D eigenvalue weighted by molar-refractivity contribution is 7.45. The Morgan fingerprint density at radius 3 is 1.21 bits per heavy atom. The molecule has 0 spiro atoms. The second-order valence-corrected chi connectivity index (χ2v) is 22.7. The summed E-state index contributed by atoms with van der Waals surface area (Å²) < 4.78 is 13.0. The molecule has 0 radical (unpaired) electrons. The molecule has 24 heavy (non-hydrogen) atoms. The molecule has 0 unspecified atom stereocenters. The van der Waals surface area contributed by atoms with E-state index in [-0.39, 0.29) is 15.1 Å². The van der Waals surface area contributed by atoms with Crippen molar-refractivity contribution in [2.24, 2.45) is 0 Å². The molecule has 2 nitrogen and oxygen atoms in total. The molecule has 0 aliphatic carbocycles. The summed E-state index contributed by atoms with van der Waals surface area (Å²) in [4.78, 5) is 0. The van der Waals surface area contributed by atoms with Crippen molar-refractivity contribution in [1.82, 2.24) is 0 Å². The minimum atomic E-state index is -2.67. The minimum absolute atomic E-state index is 0.123. The van der Waals surface area contributed by atoms with Crippen molar-refractivity contribution in [3.8, 4) is 0 Å². The third kappa shape index (κ3) is 2.96. The molecule has 138 valence electrons. The van der Waals surface area contributed by atoms with Crippen LogP contribution in [0.1, 0.15) is 62.3 Å². The summed E-state index contributed by atoms with van der Waals surface area (Å²) in [6, 6.07) is 10.7. The molecule has 0 N–H and O–H groups in total. The first-order valence-corrected chi connectivity index (χ1v) is 13.7. The van der Waals surface area contributed by atoms with Crippen LogP contribution in [0, 0.1) is 0 Å². The average molecular weight is 367 g/mol. The fourth-order valence-corrected chi connectivity index (χ4v) is 30.9. The first-order valence-electron chi connectivity index (χ1n) is 8.89. The molecule has 0 aliphatic rings. The van der Waals surface area contributed by atoms with Crippen LogP contribution in [-0.2, 0) is 8.85 Å². The Morgan fingerprint density at radius 1 is 0.625 bits per heavy atom. The quantitative estimate of drug-likeness (QED) is 0.650. The van der Waals surface area contributed by atoms with Gasteiger partial charge in [0, 0.05) is 14.2 Å². The SMILES string of the molecule is CO[Si](OC)(c1ccccc1)[Si](C(C)(C)C)(C(C)(C)C)C(C)(C)C. The van der Waals surface area contributed by atoms with Gasteiger partial charge in [0.1, 0.15) is 7.59 Å². The lowest BCUT2D eigenvalue weighted by molar-refractivity contribution is 0.268. The molecule has 1 aromatic carbocycles. The molecule has 0 aliphatic heterocycles. The van der Waals surface area contributed by atoms with Gasteiger partial charge in [-0.2, -0.15) is 0 Å². The topological polar surface area (TPSA) is 18.5 Å². The van der Waals surface area contributed by atoms with Gasteiger partial charge in [-0.05, 0) is 20.3 Å². The summed E-state index contributed by atoms with van der Waals surface area (Å²) in [7, 11) is -1.16. The lowest BCUT2D eigenvalue weighted by Crippen LogP contribution is -2.82. The summed E-state index contributed by atoms with van der Waals surface area (Å²) in [5.41, 5.74) is 0. The molecule has 0 aromatic heterocycles. The van der Waals surface area contributed by atoms with E-state index in [1.807, 2.05) is 14.2 Å². The van der Waals surface area contributed by atoms with Gasteiger partial charge < -0.3 is 8.85 Å². The van der Waals surface area contributed by atoms with E-state index in [2.05, 4.69) is 92.6 Å². The van der Waals surface area contributed by atoms with Gasteiger partial charge in [-0.15, -0.1) is 0 Å². The molecule has 1 rings (SSSR count). The molecule has 4 heteroatoms. The highest BCUT2D eigenvalue weighted by Crippen LogP contribution is 2.65. The summed E-state index contributed by atoms with van der Waals surface area (Å²) in [5, 5.41) is 1.63. The van der Waals surface area contributed by atoms with E-state index in [0.29, 0.717) is 0 Å². The minimum Gasteiger partial charge on any atom is -0.397 e. The number of hydrogen-bond donors (Lipinski definition) is 0. The summed E-state index contributed by atoms with van der Waals surface area (Å²) in [5.74, 6) is 0. The highest BCUT2D eigenvalue weighted by Gasteiger charge is 2.74. The van der Waals surface area contributed by atoms with Crippen LogP contribution in [0.25, 0.3) is 0 Å². The lowest BCUT2D eigenvalue weighted by atomic mass is 10.2. The predicted octanol–water partition coefficient (Wildman–Crippen LogP) is 5.56. The van der Waals surface area contributed by atoms with Gasteiger partial charge in [0.15, 0.2) is 0 Å². The van der Waals surface area contributed by atoms with Crippen molar-refractivity contribution < 1.29 is 8.85 Å². The maximum atomic E-state index is 6.50. The van der Waals surface area contributed by atoms with Crippen molar-refractivity contribution in [2.45, 2.75) is 77.4 Å². The van der Waals surface area contributed by atoms with E-state index in [9.17, 15) is 0 Å². The predicted molar refractivity (Wildman–Crippen MR) is 111 cm³/mol. The van der Waals surface area contributed by atoms with Crippen LogP contribution in [0.3, 0.4) is 0 Å². The first kappa shape index (κ1) is 21.6. The van der Waals surface area contributed by atoms with Gasteiger partial charge in [0.2, 0.25) is 0 Å². The molecule has 0 heterocycles. The molecular weight excluding hydrogens is 328 g/mol. The van der Waals surface area contributed by atoms with Gasteiger partial charge in [-0.1, -0.05) is 92.6 Å². The Morgan fingerprint density at radius 2 is 0.958 bits per heavy atom. The van der Waals surface area contributed by atoms with Crippen LogP contribution in [0.4, 0.5) is 0 Å². The molecule has 0 bridgehead atoms. The first-order chi connectivity index (χ1) is 10.7. The molecule has 0 atom stereocenters.